The lowest BCUT2D eigenvalue weighted by molar-refractivity contribution is 0.629. The molecule has 1 aliphatic rings. The first-order valence-corrected chi connectivity index (χ1v) is 7.43. The van der Waals surface area contributed by atoms with E-state index in [0.717, 1.165) is 21.9 Å². The summed E-state index contributed by atoms with van der Waals surface area (Å²) in [6, 6.07) is 16.4. The minimum atomic E-state index is -0.383. The van der Waals surface area contributed by atoms with E-state index < -0.39 is 0 Å². The van der Waals surface area contributed by atoms with E-state index in [2.05, 4.69) is 23.2 Å². The highest BCUT2D eigenvalue weighted by atomic mass is 19.1. The van der Waals surface area contributed by atoms with Crippen molar-refractivity contribution in [2.45, 2.75) is 6.54 Å². The minimum Gasteiger partial charge on any atom is -0.288 e. The van der Waals surface area contributed by atoms with Crippen molar-refractivity contribution >= 4 is 21.7 Å². The molecule has 0 aliphatic carbocycles. The van der Waals surface area contributed by atoms with Gasteiger partial charge >= 0.3 is 0 Å². The molecule has 3 aromatic carbocycles. The molecule has 0 atom stereocenters. The fourth-order valence-electron chi connectivity index (χ4n) is 3.34. The molecule has 4 heteroatoms. The number of rotatable bonds is 0. The first-order valence-electron chi connectivity index (χ1n) is 7.43. The van der Waals surface area contributed by atoms with Crippen LogP contribution in [0.3, 0.4) is 0 Å². The summed E-state index contributed by atoms with van der Waals surface area (Å²) in [5.41, 5.74) is 2.31. The van der Waals surface area contributed by atoms with Crippen LogP contribution in [0.4, 0.5) is 4.39 Å². The van der Waals surface area contributed by atoms with E-state index in [4.69, 9.17) is 0 Å². The zero-order valence-electron chi connectivity index (χ0n) is 12.1. The molecule has 0 radical (unpaired) electrons. The SMILES string of the molecule is O=c1c2ccc(F)cc2nc2n1Cc1cc3ccccc3cc1-2. The summed E-state index contributed by atoms with van der Waals surface area (Å²) in [5, 5.41) is 2.70. The van der Waals surface area contributed by atoms with Gasteiger partial charge in [-0.1, -0.05) is 24.3 Å². The molecule has 1 aliphatic heterocycles. The fourth-order valence-corrected chi connectivity index (χ4v) is 3.34. The Labute approximate surface area is 130 Å². The Morgan fingerprint density at radius 2 is 1.78 bits per heavy atom. The van der Waals surface area contributed by atoms with Crippen LogP contribution in [0.2, 0.25) is 0 Å². The number of hydrogen-bond acceptors (Lipinski definition) is 2. The average Bonchev–Trinajstić information content (AvgIpc) is 2.91. The first kappa shape index (κ1) is 12.5. The van der Waals surface area contributed by atoms with Crippen molar-refractivity contribution in [1.29, 1.82) is 0 Å². The third-order valence-corrected chi connectivity index (χ3v) is 4.46. The van der Waals surface area contributed by atoms with Crippen molar-refractivity contribution < 1.29 is 4.39 Å². The molecule has 0 unspecified atom stereocenters. The maximum absolute atomic E-state index is 13.5. The van der Waals surface area contributed by atoms with E-state index in [1.165, 1.54) is 18.2 Å². The van der Waals surface area contributed by atoms with E-state index >= 15 is 0 Å². The van der Waals surface area contributed by atoms with Crippen LogP contribution in [-0.4, -0.2) is 9.55 Å². The summed E-state index contributed by atoms with van der Waals surface area (Å²) in [6.07, 6.45) is 0. The van der Waals surface area contributed by atoms with Crippen molar-refractivity contribution in [3.63, 3.8) is 0 Å². The summed E-state index contributed by atoms with van der Waals surface area (Å²) >= 11 is 0. The Balaban J connectivity index is 1.88. The second kappa shape index (κ2) is 4.26. The zero-order chi connectivity index (χ0) is 15.6. The monoisotopic (exact) mass is 302 g/mol. The molecule has 4 aromatic rings. The highest BCUT2D eigenvalue weighted by Gasteiger charge is 2.23. The summed E-state index contributed by atoms with van der Waals surface area (Å²) < 4.78 is 15.1. The van der Waals surface area contributed by atoms with Crippen molar-refractivity contribution in [3.05, 3.63) is 76.3 Å². The van der Waals surface area contributed by atoms with Crippen molar-refractivity contribution in [3.8, 4) is 11.4 Å². The molecule has 0 spiro atoms. The summed E-state index contributed by atoms with van der Waals surface area (Å²) in [6.45, 7) is 0.509. The molecule has 0 bridgehead atoms. The van der Waals surface area contributed by atoms with Crippen LogP contribution in [0.15, 0.2) is 59.4 Å². The van der Waals surface area contributed by atoms with Gasteiger partial charge in [0.15, 0.2) is 0 Å². The van der Waals surface area contributed by atoms with Gasteiger partial charge in [0.1, 0.15) is 11.6 Å². The van der Waals surface area contributed by atoms with E-state index in [1.807, 2.05) is 18.2 Å². The highest BCUT2D eigenvalue weighted by molar-refractivity contribution is 5.90. The van der Waals surface area contributed by atoms with Gasteiger partial charge in [0, 0.05) is 11.6 Å². The van der Waals surface area contributed by atoms with E-state index in [-0.39, 0.29) is 11.4 Å². The van der Waals surface area contributed by atoms with Crippen LogP contribution >= 0.6 is 0 Å². The van der Waals surface area contributed by atoms with Gasteiger partial charge in [-0.3, -0.25) is 9.36 Å². The van der Waals surface area contributed by atoms with Crippen LogP contribution in [-0.2, 0) is 6.54 Å². The number of fused-ring (bicyclic) bond motifs is 5. The molecule has 23 heavy (non-hydrogen) atoms. The summed E-state index contributed by atoms with van der Waals surface area (Å²) in [7, 11) is 0. The molecule has 1 aromatic heterocycles. The van der Waals surface area contributed by atoms with Crippen LogP contribution in [0.1, 0.15) is 5.56 Å². The lowest BCUT2D eigenvalue weighted by Crippen LogP contribution is -2.20. The smallest absolute Gasteiger partial charge is 0.261 e. The largest absolute Gasteiger partial charge is 0.288 e. The van der Waals surface area contributed by atoms with Crippen LogP contribution in [0.5, 0.6) is 0 Å². The molecule has 0 saturated carbocycles. The second-order valence-corrected chi connectivity index (χ2v) is 5.84. The second-order valence-electron chi connectivity index (χ2n) is 5.84. The van der Waals surface area contributed by atoms with Gasteiger partial charge in [-0.15, -0.1) is 0 Å². The highest BCUT2D eigenvalue weighted by Crippen LogP contribution is 2.33. The Kier molecular flexibility index (Phi) is 2.32. The van der Waals surface area contributed by atoms with Gasteiger partial charge in [0.05, 0.1) is 17.4 Å². The normalized spacial score (nSPS) is 12.6. The topological polar surface area (TPSA) is 34.9 Å². The van der Waals surface area contributed by atoms with Gasteiger partial charge < -0.3 is 0 Å². The number of benzene rings is 3. The third-order valence-electron chi connectivity index (χ3n) is 4.46. The number of nitrogens with zero attached hydrogens (tertiary/aromatic N) is 2. The van der Waals surface area contributed by atoms with E-state index in [0.29, 0.717) is 23.3 Å². The molecule has 0 saturated heterocycles. The predicted molar refractivity (Wildman–Crippen MR) is 88.0 cm³/mol. The standard InChI is InChI=1S/C19H11FN2O/c20-14-5-6-15-17(9-14)21-18-16-8-12-4-2-1-3-11(12)7-13(16)10-22(18)19(15)23/h1-9H,10H2. The lowest BCUT2D eigenvalue weighted by atomic mass is 10.0. The van der Waals surface area contributed by atoms with Gasteiger partial charge in [-0.25, -0.2) is 9.37 Å². The lowest BCUT2D eigenvalue weighted by Gasteiger charge is -2.05. The zero-order valence-corrected chi connectivity index (χ0v) is 12.1. The average molecular weight is 302 g/mol. The molecule has 3 nitrogen and oxygen atoms in total. The van der Waals surface area contributed by atoms with Crippen LogP contribution in [0, 0.1) is 5.82 Å². The molecular formula is C19H11FN2O. The molecule has 0 fully saturated rings. The van der Waals surface area contributed by atoms with Crippen LogP contribution < -0.4 is 5.56 Å². The molecular weight excluding hydrogens is 291 g/mol. The summed E-state index contributed by atoms with van der Waals surface area (Å²) in [4.78, 5) is 17.2. The molecule has 110 valence electrons. The number of hydrogen-bond donors (Lipinski definition) is 0. The number of halogens is 1. The maximum Gasteiger partial charge on any atom is 0.261 e. The molecule has 0 N–H and O–H groups in total. The maximum atomic E-state index is 13.5. The van der Waals surface area contributed by atoms with Crippen molar-refractivity contribution in [2.75, 3.05) is 0 Å². The Morgan fingerprint density at radius 1 is 1.00 bits per heavy atom. The molecule has 0 amide bonds. The van der Waals surface area contributed by atoms with Gasteiger partial charge in [-0.2, -0.15) is 0 Å². The fraction of sp³-hybridized carbons (Fsp3) is 0.0526. The summed E-state index contributed by atoms with van der Waals surface area (Å²) in [5.74, 6) is 0.236. The molecule has 5 rings (SSSR count). The van der Waals surface area contributed by atoms with Gasteiger partial charge in [0.25, 0.3) is 5.56 Å². The molecule has 2 heterocycles. The predicted octanol–water partition coefficient (Wildman–Crippen LogP) is 3.72. The third kappa shape index (κ3) is 1.69. The Hall–Kier alpha value is -3.01. The van der Waals surface area contributed by atoms with E-state index in [9.17, 15) is 9.18 Å². The van der Waals surface area contributed by atoms with Crippen molar-refractivity contribution in [2.24, 2.45) is 0 Å². The quantitative estimate of drug-likeness (QED) is 0.437. The van der Waals surface area contributed by atoms with Crippen molar-refractivity contribution in [1.82, 2.24) is 9.55 Å². The van der Waals surface area contributed by atoms with Gasteiger partial charge in [-0.05, 0) is 40.6 Å². The van der Waals surface area contributed by atoms with E-state index in [1.54, 1.807) is 4.57 Å². The van der Waals surface area contributed by atoms with Gasteiger partial charge in [0.2, 0.25) is 0 Å². The van der Waals surface area contributed by atoms with Crippen LogP contribution in [0.25, 0.3) is 33.1 Å². The Bertz CT molecular complexity index is 1180. The Morgan fingerprint density at radius 3 is 2.61 bits per heavy atom. The first-order chi connectivity index (χ1) is 11.2. The number of aromatic nitrogens is 2. The minimum absolute atomic E-state index is 0.120.